The summed E-state index contributed by atoms with van der Waals surface area (Å²) < 4.78 is 6.21. The van der Waals surface area contributed by atoms with E-state index in [9.17, 15) is 0 Å². The van der Waals surface area contributed by atoms with Crippen LogP contribution < -0.4 is 5.32 Å². The Morgan fingerprint density at radius 1 is 1.37 bits per heavy atom. The van der Waals surface area contributed by atoms with Crippen molar-refractivity contribution in [3.05, 3.63) is 44.4 Å². The lowest BCUT2D eigenvalue weighted by molar-refractivity contribution is 0.178. The van der Waals surface area contributed by atoms with Crippen molar-refractivity contribution >= 4 is 45.7 Å². The van der Waals surface area contributed by atoms with Gasteiger partial charge in [-0.3, -0.25) is 0 Å². The highest BCUT2D eigenvalue weighted by molar-refractivity contribution is 14.1. The van der Waals surface area contributed by atoms with Gasteiger partial charge in [0.25, 0.3) is 0 Å². The van der Waals surface area contributed by atoms with E-state index in [2.05, 4.69) is 50.9 Å². The van der Waals surface area contributed by atoms with E-state index in [4.69, 9.17) is 16.3 Å². The minimum Gasteiger partial charge on any atom is -0.377 e. The summed E-state index contributed by atoms with van der Waals surface area (Å²) in [7, 11) is 1.60. The molecule has 1 aromatic carbocycles. The van der Waals surface area contributed by atoms with Crippen LogP contribution in [0, 0.1) is 10.5 Å². The molecule has 1 N–H and O–H groups in total. The van der Waals surface area contributed by atoms with Gasteiger partial charge in [0.2, 0.25) is 0 Å². The molecule has 0 aliphatic carbocycles. The standard InChI is InChI=1S/C13H13ClIN3O/c1-8-9(15)4-3-5-10(8)16-12-6-11(14)17-13(18-12)7-19-2/h3-6H,7H2,1-2H3,(H,16,17,18). The molecule has 0 spiro atoms. The Morgan fingerprint density at radius 2 is 2.16 bits per heavy atom. The number of rotatable bonds is 4. The molecule has 0 saturated heterocycles. The number of aromatic nitrogens is 2. The smallest absolute Gasteiger partial charge is 0.158 e. The van der Waals surface area contributed by atoms with Crippen molar-refractivity contribution in [2.75, 3.05) is 12.4 Å². The van der Waals surface area contributed by atoms with Crippen LogP contribution in [0.2, 0.25) is 5.15 Å². The van der Waals surface area contributed by atoms with E-state index in [1.54, 1.807) is 13.2 Å². The van der Waals surface area contributed by atoms with E-state index in [1.807, 2.05) is 12.1 Å². The predicted molar refractivity (Wildman–Crippen MR) is 84.9 cm³/mol. The molecule has 0 atom stereocenters. The molecule has 100 valence electrons. The molecule has 2 aromatic rings. The van der Waals surface area contributed by atoms with Crippen LogP contribution in [0.3, 0.4) is 0 Å². The number of anilines is 2. The van der Waals surface area contributed by atoms with Crippen molar-refractivity contribution in [1.29, 1.82) is 0 Å². The molecule has 0 bridgehead atoms. The Balaban J connectivity index is 2.30. The molecule has 0 saturated carbocycles. The van der Waals surface area contributed by atoms with Crippen LogP contribution in [0.15, 0.2) is 24.3 Å². The number of hydrogen-bond donors (Lipinski definition) is 1. The van der Waals surface area contributed by atoms with Crippen LogP contribution in [-0.2, 0) is 11.3 Å². The van der Waals surface area contributed by atoms with Gasteiger partial charge in [-0.25, -0.2) is 9.97 Å². The van der Waals surface area contributed by atoms with Crippen molar-refractivity contribution in [3.8, 4) is 0 Å². The lowest BCUT2D eigenvalue weighted by Crippen LogP contribution is -2.02. The molecule has 0 unspecified atom stereocenters. The van der Waals surface area contributed by atoms with Gasteiger partial charge >= 0.3 is 0 Å². The summed E-state index contributed by atoms with van der Waals surface area (Å²) in [6.45, 7) is 2.39. The largest absolute Gasteiger partial charge is 0.377 e. The predicted octanol–water partition coefficient (Wildman–Crippen LogP) is 3.93. The second-order valence-electron chi connectivity index (χ2n) is 3.96. The third kappa shape index (κ3) is 3.77. The second kappa shape index (κ2) is 6.49. The molecule has 2 rings (SSSR count). The first-order valence-electron chi connectivity index (χ1n) is 5.64. The maximum absolute atomic E-state index is 5.97. The molecule has 19 heavy (non-hydrogen) atoms. The van der Waals surface area contributed by atoms with Gasteiger partial charge in [0.1, 0.15) is 17.6 Å². The molecule has 0 radical (unpaired) electrons. The third-order valence-corrected chi connectivity index (χ3v) is 3.91. The van der Waals surface area contributed by atoms with Crippen molar-refractivity contribution in [2.45, 2.75) is 13.5 Å². The highest BCUT2D eigenvalue weighted by Crippen LogP contribution is 2.24. The zero-order chi connectivity index (χ0) is 13.8. The van der Waals surface area contributed by atoms with E-state index in [1.165, 1.54) is 9.13 Å². The molecule has 0 aliphatic heterocycles. The fourth-order valence-corrected chi connectivity index (χ4v) is 2.30. The molecule has 0 fully saturated rings. The van der Waals surface area contributed by atoms with Crippen LogP contribution >= 0.6 is 34.2 Å². The van der Waals surface area contributed by atoms with Gasteiger partial charge < -0.3 is 10.1 Å². The lowest BCUT2D eigenvalue weighted by atomic mass is 10.2. The van der Waals surface area contributed by atoms with Gasteiger partial charge in [-0.05, 0) is 47.2 Å². The lowest BCUT2D eigenvalue weighted by Gasteiger charge is -2.11. The molecule has 1 heterocycles. The van der Waals surface area contributed by atoms with Gasteiger partial charge in [-0.15, -0.1) is 0 Å². The topological polar surface area (TPSA) is 47.0 Å². The normalized spacial score (nSPS) is 10.5. The Morgan fingerprint density at radius 3 is 2.89 bits per heavy atom. The van der Waals surface area contributed by atoms with Crippen molar-refractivity contribution < 1.29 is 4.74 Å². The summed E-state index contributed by atoms with van der Waals surface area (Å²) in [5.41, 5.74) is 2.18. The minimum absolute atomic E-state index is 0.334. The first kappa shape index (κ1) is 14.5. The van der Waals surface area contributed by atoms with E-state index < -0.39 is 0 Å². The third-order valence-electron chi connectivity index (χ3n) is 2.55. The number of hydrogen-bond acceptors (Lipinski definition) is 4. The number of halogens is 2. The Bertz CT molecular complexity index is 592. The van der Waals surface area contributed by atoms with Crippen molar-refractivity contribution in [2.24, 2.45) is 0 Å². The zero-order valence-electron chi connectivity index (χ0n) is 10.6. The molecule has 4 nitrogen and oxygen atoms in total. The average molecular weight is 390 g/mol. The van der Waals surface area contributed by atoms with E-state index in [0.29, 0.717) is 23.4 Å². The molecule has 1 aromatic heterocycles. The quantitative estimate of drug-likeness (QED) is 0.636. The maximum atomic E-state index is 5.97. The summed E-state index contributed by atoms with van der Waals surface area (Å²) in [4.78, 5) is 8.45. The number of ether oxygens (including phenoxy) is 1. The van der Waals surface area contributed by atoms with Gasteiger partial charge in [0.15, 0.2) is 5.82 Å². The number of nitrogens with zero attached hydrogens (tertiary/aromatic N) is 2. The second-order valence-corrected chi connectivity index (χ2v) is 5.51. The fraction of sp³-hybridized carbons (Fsp3) is 0.231. The Labute approximate surface area is 130 Å². The molecular formula is C13H13ClIN3O. The summed E-state index contributed by atoms with van der Waals surface area (Å²) in [5, 5.41) is 3.65. The SMILES string of the molecule is COCc1nc(Cl)cc(Nc2cccc(I)c2C)n1. The van der Waals surface area contributed by atoms with Gasteiger partial charge in [-0.2, -0.15) is 0 Å². The molecule has 6 heteroatoms. The summed E-state index contributed by atoms with van der Waals surface area (Å²) >= 11 is 8.28. The number of nitrogens with one attached hydrogen (secondary N) is 1. The molecular weight excluding hydrogens is 377 g/mol. The average Bonchev–Trinajstić information content (AvgIpc) is 2.35. The van der Waals surface area contributed by atoms with E-state index in [-0.39, 0.29) is 0 Å². The Kier molecular flexibility index (Phi) is 4.95. The van der Waals surface area contributed by atoms with E-state index in [0.717, 1.165) is 5.69 Å². The maximum Gasteiger partial charge on any atom is 0.158 e. The van der Waals surface area contributed by atoms with Crippen LogP contribution in [0.4, 0.5) is 11.5 Å². The van der Waals surface area contributed by atoms with Gasteiger partial charge in [-0.1, -0.05) is 17.7 Å². The monoisotopic (exact) mass is 389 g/mol. The van der Waals surface area contributed by atoms with Crippen LogP contribution in [0.1, 0.15) is 11.4 Å². The van der Waals surface area contributed by atoms with Crippen LogP contribution in [0.25, 0.3) is 0 Å². The number of methoxy groups -OCH3 is 1. The van der Waals surface area contributed by atoms with Crippen molar-refractivity contribution in [3.63, 3.8) is 0 Å². The van der Waals surface area contributed by atoms with Gasteiger partial charge in [0.05, 0.1) is 0 Å². The summed E-state index contributed by atoms with van der Waals surface area (Å²) in [6.07, 6.45) is 0. The summed E-state index contributed by atoms with van der Waals surface area (Å²) in [6, 6.07) is 7.75. The van der Waals surface area contributed by atoms with E-state index >= 15 is 0 Å². The highest BCUT2D eigenvalue weighted by atomic mass is 127. The first-order valence-corrected chi connectivity index (χ1v) is 7.10. The van der Waals surface area contributed by atoms with Gasteiger partial charge in [0, 0.05) is 22.4 Å². The fourth-order valence-electron chi connectivity index (χ4n) is 1.60. The zero-order valence-corrected chi connectivity index (χ0v) is 13.5. The highest BCUT2D eigenvalue weighted by Gasteiger charge is 2.06. The summed E-state index contributed by atoms with van der Waals surface area (Å²) in [5.74, 6) is 1.22. The number of benzene rings is 1. The minimum atomic E-state index is 0.334. The van der Waals surface area contributed by atoms with Crippen LogP contribution in [-0.4, -0.2) is 17.1 Å². The Hall–Kier alpha value is -0.920. The van der Waals surface area contributed by atoms with Crippen molar-refractivity contribution in [1.82, 2.24) is 9.97 Å². The van der Waals surface area contributed by atoms with Crippen LogP contribution in [0.5, 0.6) is 0 Å². The first-order chi connectivity index (χ1) is 9.10. The molecule has 0 aliphatic rings. The molecule has 0 amide bonds.